The van der Waals surface area contributed by atoms with Gasteiger partial charge in [0.1, 0.15) is 0 Å². The predicted molar refractivity (Wildman–Crippen MR) is 31.1 cm³/mol. The number of hydrogen-bond donors (Lipinski definition) is 2. The summed E-state index contributed by atoms with van der Waals surface area (Å²) in [6, 6.07) is 0. The van der Waals surface area contributed by atoms with Crippen molar-refractivity contribution in [1.29, 1.82) is 5.41 Å². The van der Waals surface area contributed by atoms with Crippen LogP contribution in [0.3, 0.4) is 0 Å². The summed E-state index contributed by atoms with van der Waals surface area (Å²) in [6.45, 7) is 0.131. The zero-order chi connectivity index (χ0) is 6.41. The fraction of sp³-hybridized carbons (Fsp3) is 0.800. The highest BCUT2D eigenvalue weighted by molar-refractivity contribution is 5.72. The van der Waals surface area contributed by atoms with Crippen LogP contribution in [0.25, 0.3) is 0 Å². The highest BCUT2D eigenvalue weighted by atomic mass is 16.5. The van der Waals surface area contributed by atoms with E-state index in [1.54, 1.807) is 0 Å². The van der Waals surface area contributed by atoms with E-state index in [1.165, 1.54) is 7.11 Å². The van der Waals surface area contributed by atoms with Crippen LogP contribution in [0.2, 0.25) is 0 Å². The quantitative estimate of drug-likeness (QED) is 0.415. The second-order valence-corrected chi connectivity index (χ2v) is 1.45. The van der Waals surface area contributed by atoms with Gasteiger partial charge in [0.2, 0.25) is 0 Å². The summed E-state index contributed by atoms with van der Waals surface area (Å²) in [5.41, 5.74) is 0. The monoisotopic (exact) mass is 117 g/mol. The van der Waals surface area contributed by atoms with Crippen molar-refractivity contribution in [2.24, 2.45) is 0 Å². The molecule has 0 bridgehead atoms. The molecule has 0 amide bonds. The van der Waals surface area contributed by atoms with Gasteiger partial charge in [0, 0.05) is 13.0 Å². The second kappa shape index (κ2) is 4.59. The minimum atomic E-state index is 0.131. The largest absolute Gasteiger partial charge is 0.484 e. The van der Waals surface area contributed by atoms with E-state index in [0.717, 1.165) is 0 Å². The van der Waals surface area contributed by atoms with Gasteiger partial charge in [-0.25, -0.2) is 0 Å². The average molecular weight is 117 g/mol. The summed E-state index contributed by atoms with van der Waals surface area (Å²) in [6.07, 6.45) is 1.15. The molecule has 48 valence electrons. The maximum Gasteiger partial charge on any atom is 0.180 e. The molecule has 0 saturated carbocycles. The number of methoxy groups -OCH3 is 1. The fourth-order valence-corrected chi connectivity index (χ4v) is 0.342. The van der Waals surface area contributed by atoms with Gasteiger partial charge in [-0.2, -0.15) is 0 Å². The molecule has 3 nitrogen and oxygen atoms in total. The average Bonchev–Trinajstić information content (AvgIpc) is 1.83. The lowest BCUT2D eigenvalue weighted by Crippen LogP contribution is -1.99. The zero-order valence-corrected chi connectivity index (χ0v) is 4.98. The molecule has 0 aromatic rings. The Bertz CT molecular complexity index is 72.8. The van der Waals surface area contributed by atoms with Crippen LogP contribution in [0.4, 0.5) is 0 Å². The van der Waals surface area contributed by atoms with Crippen LogP contribution < -0.4 is 0 Å². The Labute approximate surface area is 48.8 Å². The van der Waals surface area contributed by atoms with E-state index < -0.39 is 0 Å². The molecule has 3 heteroatoms. The van der Waals surface area contributed by atoms with Gasteiger partial charge < -0.3 is 9.84 Å². The Morgan fingerprint density at radius 2 is 2.38 bits per heavy atom. The molecule has 0 aliphatic rings. The molecule has 0 aromatic carbocycles. The van der Waals surface area contributed by atoms with Crippen LogP contribution in [0.1, 0.15) is 12.8 Å². The van der Waals surface area contributed by atoms with Crippen LogP contribution in [-0.2, 0) is 4.74 Å². The molecule has 0 aliphatic heterocycles. The summed E-state index contributed by atoms with van der Waals surface area (Å²) in [5, 5.41) is 15.2. The van der Waals surface area contributed by atoms with Crippen molar-refractivity contribution in [3.05, 3.63) is 0 Å². The molecule has 0 fully saturated rings. The Morgan fingerprint density at radius 1 is 1.75 bits per heavy atom. The van der Waals surface area contributed by atoms with Gasteiger partial charge in [-0.1, -0.05) is 0 Å². The molecule has 0 aromatic heterocycles. The molecule has 0 radical (unpaired) electrons. The highest BCUT2D eigenvalue weighted by Crippen LogP contribution is 1.88. The minimum Gasteiger partial charge on any atom is -0.484 e. The Kier molecular flexibility index (Phi) is 4.26. The van der Waals surface area contributed by atoms with Crippen LogP contribution in [-0.4, -0.2) is 24.7 Å². The Balaban J connectivity index is 2.99. The van der Waals surface area contributed by atoms with Crippen LogP contribution >= 0.6 is 0 Å². The number of rotatable bonds is 3. The summed E-state index contributed by atoms with van der Waals surface area (Å²) in [7, 11) is 1.46. The second-order valence-electron chi connectivity index (χ2n) is 1.45. The van der Waals surface area contributed by atoms with Crippen molar-refractivity contribution in [2.75, 3.05) is 13.7 Å². The minimum absolute atomic E-state index is 0.131. The van der Waals surface area contributed by atoms with E-state index in [4.69, 9.17) is 10.5 Å². The van der Waals surface area contributed by atoms with Crippen molar-refractivity contribution in [2.45, 2.75) is 12.8 Å². The molecular formula is C5H11NO2. The first-order valence-electron chi connectivity index (χ1n) is 2.53. The van der Waals surface area contributed by atoms with Gasteiger partial charge in [-0.05, 0) is 6.42 Å². The lowest BCUT2D eigenvalue weighted by atomic mass is 10.3. The predicted octanol–water partition coefficient (Wildman–Crippen LogP) is 0.383. The molecular weight excluding hydrogens is 106 g/mol. The molecule has 2 N–H and O–H groups in total. The summed E-state index contributed by atoms with van der Waals surface area (Å²) in [4.78, 5) is 0. The third-order valence-corrected chi connectivity index (χ3v) is 0.808. The molecule has 0 unspecified atom stereocenters. The van der Waals surface area contributed by atoms with E-state index in [2.05, 4.69) is 4.74 Å². The molecule has 0 aliphatic carbocycles. The van der Waals surface area contributed by atoms with Crippen LogP contribution in [0.5, 0.6) is 0 Å². The summed E-state index contributed by atoms with van der Waals surface area (Å²) in [5.74, 6) is 0.235. The standard InChI is InChI=1S/C5H11NO2/c1-8-5(6)3-2-4-7/h6-7H,2-4H2,1H3. The maximum absolute atomic E-state index is 8.26. The third-order valence-electron chi connectivity index (χ3n) is 0.808. The van der Waals surface area contributed by atoms with Crippen molar-refractivity contribution in [3.8, 4) is 0 Å². The maximum atomic E-state index is 8.26. The highest BCUT2D eigenvalue weighted by Gasteiger charge is 1.90. The normalized spacial score (nSPS) is 8.75. The number of hydrogen-bond acceptors (Lipinski definition) is 3. The van der Waals surface area contributed by atoms with Gasteiger partial charge in [0.15, 0.2) is 5.90 Å². The Hall–Kier alpha value is -0.570. The van der Waals surface area contributed by atoms with Gasteiger partial charge in [-0.3, -0.25) is 5.41 Å². The number of aliphatic hydroxyl groups is 1. The van der Waals surface area contributed by atoms with Gasteiger partial charge in [0.25, 0.3) is 0 Å². The van der Waals surface area contributed by atoms with Gasteiger partial charge >= 0.3 is 0 Å². The number of nitrogens with one attached hydrogen (secondary N) is 1. The topological polar surface area (TPSA) is 53.3 Å². The van der Waals surface area contributed by atoms with Crippen molar-refractivity contribution >= 4 is 5.90 Å². The van der Waals surface area contributed by atoms with Crippen LogP contribution in [0, 0.1) is 5.41 Å². The summed E-state index contributed by atoms with van der Waals surface area (Å²) >= 11 is 0. The number of aliphatic hydroxyl groups excluding tert-OH is 1. The molecule has 0 spiro atoms. The van der Waals surface area contributed by atoms with Gasteiger partial charge in [-0.15, -0.1) is 0 Å². The van der Waals surface area contributed by atoms with E-state index in [0.29, 0.717) is 12.8 Å². The molecule has 0 atom stereocenters. The smallest absolute Gasteiger partial charge is 0.180 e. The fourth-order valence-electron chi connectivity index (χ4n) is 0.342. The van der Waals surface area contributed by atoms with Gasteiger partial charge in [0.05, 0.1) is 7.11 Å². The summed E-state index contributed by atoms with van der Waals surface area (Å²) < 4.78 is 4.52. The van der Waals surface area contributed by atoms with E-state index in [9.17, 15) is 0 Å². The van der Waals surface area contributed by atoms with E-state index >= 15 is 0 Å². The van der Waals surface area contributed by atoms with Crippen molar-refractivity contribution in [1.82, 2.24) is 0 Å². The lowest BCUT2D eigenvalue weighted by Gasteiger charge is -1.97. The lowest BCUT2D eigenvalue weighted by molar-refractivity contribution is 0.284. The molecule has 8 heavy (non-hydrogen) atoms. The van der Waals surface area contributed by atoms with Crippen LogP contribution in [0.15, 0.2) is 0 Å². The zero-order valence-electron chi connectivity index (χ0n) is 4.98. The van der Waals surface area contributed by atoms with Crippen molar-refractivity contribution in [3.63, 3.8) is 0 Å². The van der Waals surface area contributed by atoms with Crippen molar-refractivity contribution < 1.29 is 9.84 Å². The Morgan fingerprint density at radius 3 is 2.75 bits per heavy atom. The van der Waals surface area contributed by atoms with E-state index in [-0.39, 0.29) is 12.5 Å². The third kappa shape index (κ3) is 3.61. The molecule has 0 rings (SSSR count). The molecule has 0 heterocycles. The van der Waals surface area contributed by atoms with E-state index in [1.807, 2.05) is 0 Å². The first kappa shape index (κ1) is 7.43. The molecule has 0 saturated heterocycles. The first-order valence-corrected chi connectivity index (χ1v) is 2.53. The first-order chi connectivity index (χ1) is 3.81. The SMILES string of the molecule is COC(=N)CCCO. The number of ether oxygens (including phenoxy) is 1.